The first-order valence-electron chi connectivity index (χ1n) is 7.53. The lowest BCUT2D eigenvalue weighted by Crippen LogP contribution is -2.53. The van der Waals surface area contributed by atoms with E-state index in [1.807, 2.05) is 31.5 Å². The van der Waals surface area contributed by atoms with E-state index < -0.39 is 10.2 Å². The second-order valence-corrected chi connectivity index (χ2v) is 8.24. The van der Waals surface area contributed by atoms with Crippen molar-refractivity contribution >= 4 is 21.5 Å². The Morgan fingerprint density at radius 1 is 1.48 bits per heavy atom. The van der Waals surface area contributed by atoms with Crippen LogP contribution in [0.15, 0.2) is 17.5 Å². The van der Waals surface area contributed by atoms with Crippen LogP contribution in [-0.4, -0.2) is 49.8 Å². The van der Waals surface area contributed by atoms with Crippen molar-refractivity contribution in [3.05, 3.63) is 22.4 Å². The number of nitrogens with zero attached hydrogens (tertiary/aromatic N) is 2. The Labute approximate surface area is 132 Å². The van der Waals surface area contributed by atoms with Crippen molar-refractivity contribution in [2.45, 2.75) is 38.8 Å². The van der Waals surface area contributed by atoms with Gasteiger partial charge in [0.1, 0.15) is 0 Å². The lowest BCUT2D eigenvalue weighted by molar-refractivity contribution is 0.228. The van der Waals surface area contributed by atoms with Crippen LogP contribution in [-0.2, 0) is 16.8 Å². The number of likely N-dealkylation sites (N-methyl/N-ethyl adjacent to an activating group) is 1. The van der Waals surface area contributed by atoms with E-state index in [0.717, 1.165) is 30.7 Å². The van der Waals surface area contributed by atoms with E-state index >= 15 is 0 Å². The lowest BCUT2D eigenvalue weighted by Gasteiger charge is -2.37. The summed E-state index contributed by atoms with van der Waals surface area (Å²) in [5.41, 5.74) is 0. The molecule has 0 aromatic carbocycles. The van der Waals surface area contributed by atoms with Gasteiger partial charge in [-0.3, -0.25) is 0 Å². The molecule has 21 heavy (non-hydrogen) atoms. The van der Waals surface area contributed by atoms with Crippen LogP contribution in [0.2, 0.25) is 0 Å². The van der Waals surface area contributed by atoms with Crippen LogP contribution in [0.3, 0.4) is 0 Å². The first kappa shape index (κ1) is 16.9. The minimum Gasteiger partial charge on any atom is -0.318 e. The minimum atomic E-state index is -3.39. The van der Waals surface area contributed by atoms with Gasteiger partial charge in [0.05, 0.1) is 0 Å². The molecule has 1 unspecified atom stereocenters. The van der Waals surface area contributed by atoms with Crippen molar-refractivity contribution in [3.8, 4) is 0 Å². The molecule has 7 heteroatoms. The third-order valence-electron chi connectivity index (χ3n) is 3.90. The van der Waals surface area contributed by atoms with Crippen LogP contribution < -0.4 is 5.32 Å². The number of thiophene rings is 1. The van der Waals surface area contributed by atoms with Crippen molar-refractivity contribution in [1.82, 2.24) is 13.9 Å². The van der Waals surface area contributed by atoms with Crippen molar-refractivity contribution in [2.75, 3.05) is 26.7 Å². The number of nitrogens with one attached hydrogen (secondary N) is 1. The van der Waals surface area contributed by atoms with Crippen molar-refractivity contribution in [3.63, 3.8) is 0 Å². The van der Waals surface area contributed by atoms with E-state index in [0.29, 0.717) is 19.6 Å². The Hall–Kier alpha value is -0.470. The van der Waals surface area contributed by atoms with Crippen LogP contribution in [0.4, 0.5) is 0 Å². The smallest absolute Gasteiger partial charge is 0.282 e. The number of piperidine rings is 1. The zero-order valence-corrected chi connectivity index (χ0v) is 14.4. The van der Waals surface area contributed by atoms with Crippen molar-refractivity contribution in [2.24, 2.45) is 0 Å². The maximum atomic E-state index is 13.0. The van der Waals surface area contributed by atoms with Crippen LogP contribution in [0, 0.1) is 0 Å². The zero-order chi connectivity index (χ0) is 15.3. The second kappa shape index (κ2) is 7.69. The summed E-state index contributed by atoms with van der Waals surface area (Å²) in [5, 5.41) is 5.11. The Balaban J connectivity index is 2.16. The molecule has 1 aliphatic rings. The Morgan fingerprint density at radius 3 is 2.90 bits per heavy atom. The first-order valence-corrected chi connectivity index (χ1v) is 9.81. The maximum Gasteiger partial charge on any atom is 0.282 e. The van der Waals surface area contributed by atoms with Crippen LogP contribution in [0.5, 0.6) is 0 Å². The van der Waals surface area contributed by atoms with Gasteiger partial charge in [0.2, 0.25) is 0 Å². The van der Waals surface area contributed by atoms with E-state index in [-0.39, 0.29) is 6.04 Å². The summed E-state index contributed by atoms with van der Waals surface area (Å²) in [7, 11) is -1.51. The normalized spacial score (nSPS) is 21.0. The maximum absolute atomic E-state index is 13.0. The SMILES string of the molecule is CCN(Cc1cccs1)S(=O)(=O)N1CCCCC1CNC. The molecule has 1 N–H and O–H groups in total. The van der Waals surface area contributed by atoms with Gasteiger partial charge in [-0.15, -0.1) is 11.3 Å². The van der Waals surface area contributed by atoms with Gasteiger partial charge in [-0.1, -0.05) is 19.4 Å². The molecule has 0 radical (unpaired) electrons. The second-order valence-electron chi connectivity index (χ2n) is 5.33. The lowest BCUT2D eigenvalue weighted by atomic mass is 10.1. The van der Waals surface area contributed by atoms with Gasteiger partial charge in [0.15, 0.2) is 0 Å². The van der Waals surface area contributed by atoms with E-state index in [1.165, 1.54) is 0 Å². The molecule has 1 atom stereocenters. The predicted octanol–water partition coefficient (Wildman–Crippen LogP) is 1.89. The minimum absolute atomic E-state index is 0.0751. The largest absolute Gasteiger partial charge is 0.318 e. The molecule has 2 heterocycles. The first-order chi connectivity index (χ1) is 10.1. The van der Waals surface area contributed by atoms with Gasteiger partial charge in [-0.05, 0) is 31.3 Å². The van der Waals surface area contributed by atoms with Crippen molar-refractivity contribution in [1.29, 1.82) is 0 Å². The summed E-state index contributed by atoms with van der Waals surface area (Å²) in [5.74, 6) is 0. The monoisotopic (exact) mass is 331 g/mol. The molecule has 0 saturated carbocycles. The van der Waals surface area contributed by atoms with Gasteiger partial charge >= 0.3 is 0 Å². The molecule has 0 aliphatic carbocycles. The molecule has 120 valence electrons. The highest BCUT2D eigenvalue weighted by Gasteiger charge is 2.35. The molecular weight excluding hydrogens is 306 g/mol. The average molecular weight is 332 g/mol. The molecule has 1 aliphatic heterocycles. The molecule has 1 saturated heterocycles. The highest BCUT2D eigenvalue weighted by molar-refractivity contribution is 7.86. The molecule has 1 aromatic heterocycles. The number of hydrogen-bond donors (Lipinski definition) is 1. The zero-order valence-electron chi connectivity index (χ0n) is 12.8. The standard InChI is InChI=1S/C14H25N3O2S2/c1-3-16(12-14-8-6-10-20-14)21(18,19)17-9-5-4-7-13(17)11-15-2/h6,8,10,13,15H,3-5,7,9,11-12H2,1-2H3. The Bertz CT molecular complexity index is 514. The topological polar surface area (TPSA) is 52.7 Å². The highest BCUT2D eigenvalue weighted by atomic mass is 32.2. The molecule has 0 bridgehead atoms. The molecule has 1 fully saturated rings. The third kappa shape index (κ3) is 4.04. The fourth-order valence-electron chi connectivity index (χ4n) is 2.80. The fourth-order valence-corrected chi connectivity index (χ4v) is 5.44. The van der Waals surface area contributed by atoms with E-state index in [2.05, 4.69) is 5.32 Å². The molecular formula is C14H25N3O2S2. The summed E-state index contributed by atoms with van der Waals surface area (Å²) in [6, 6.07) is 4.03. The molecule has 2 rings (SSSR count). The van der Waals surface area contributed by atoms with Gasteiger partial charge in [-0.2, -0.15) is 17.0 Å². The third-order valence-corrected chi connectivity index (χ3v) is 6.87. The van der Waals surface area contributed by atoms with E-state index in [1.54, 1.807) is 19.9 Å². The summed E-state index contributed by atoms with van der Waals surface area (Å²) < 4.78 is 29.2. The summed E-state index contributed by atoms with van der Waals surface area (Å²) in [4.78, 5) is 1.09. The summed E-state index contributed by atoms with van der Waals surface area (Å²) >= 11 is 1.60. The number of hydrogen-bond acceptors (Lipinski definition) is 4. The van der Waals surface area contributed by atoms with Crippen LogP contribution in [0.25, 0.3) is 0 Å². The fraction of sp³-hybridized carbons (Fsp3) is 0.714. The Morgan fingerprint density at radius 2 is 2.29 bits per heavy atom. The highest BCUT2D eigenvalue weighted by Crippen LogP contribution is 2.24. The summed E-state index contributed by atoms with van der Waals surface area (Å²) in [6.07, 6.45) is 3.00. The molecule has 0 spiro atoms. The van der Waals surface area contributed by atoms with Crippen molar-refractivity contribution < 1.29 is 8.42 Å². The molecule has 5 nitrogen and oxygen atoms in total. The van der Waals surface area contributed by atoms with E-state index in [9.17, 15) is 8.42 Å². The van der Waals surface area contributed by atoms with Gasteiger partial charge in [0, 0.05) is 37.1 Å². The molecule has 0 amide bonds. The predicted molar refractivity (Wildman–Crippen MR) is 87.6 cm³/mol. The van der Waals surface area contributed by atoms with Gasteiger partial charge in [-0.25, -0.2) is 0 Å². The van der Waals surface area contributed by atoms with Gasteiger partial charge < -0.3 is 5.32 Å². The van der Waals surface area contributed by atoms with Gasteiger partial charge in [0.25, 0.3) is 10.2 Å². The number of rotatable bonds is 7. The Kier molecular flexibility index (Phi) is 6.19. The summed E-state index contributed by atoms with van der Waals surface area (Å²) in [6.45, 7) is 4.23. The average Bonchev–Trinajstić information content (AvgIpc) is 2.98. The quantitative estimate of drug-likeness (QED) is 0.830. The van der Waals surface area contributed by atoms with Crippen LogP contribution >= 0.6 is 11.3 Å². The van der Waals surface area contributed by atoms with Crippen LogP contribution in [0.1, 0.15) is 31.1 Å². The van der Waals surface area contributed by atoms with E-state index in [4.69, 9.17) is 0 Å². The molecule has 1 aromatic rings.